The summed E-state index contributed by atoms with van der Waals surface area (Å²) in [7, 11) is -4.03. The maximum atomic E-state index is 11.8. The Balaban J connectivity index is 3.47. The molecular formula is C28H55O4P. The van der Waals surface area contributed by atoms with Gasteiger partial charge >= 0.3 is 7.82 Å². The molecule has 0 aromatic heterocycles. The molecule has 33 heavy (non-hydrogen) atoms. The smallest absolute Gasteiger partial charge is 0.404 e. The van der Waals surface area contributed by atoms with Crippen molar-refractivity contribution in [3.63, 3.8) is 0 Å². The van der Waals surface area contributed by atoms with E-state index < -0.39 is 7.82 Å². The molecule has 4 nitrogen and oxygen atoms in total. The van der Waals surface area contributed by atoms with Crippen molar-refractivity contribution in [2.24, 2.45) is 0 Å². The summed E-state index contributed by atoms with van der Waals surface area (Å²) in [5, 5.41) is 0. The van der Waals surface area contributed by atoms with E-state index in [-0.39, 0.29) is 0 Å². The second-order valence-electron chi connectivity index (χ2n) is 9.36. The molecule has 0 bridgehead atoms. The molecule has 0 atom stereocenters. The third kappa shape index (κ3) is 27.4. The van der Waals surface area contributed by atoms with E-state index in [0.717, 1.165) is 25.7 Å². The fourth-order valence-corrected chi connectivity index (χ4v) is 4.43. The Bertz CT molecular complexity index is 450. The summed E-state index contributed by atoms with van der Waals surface area (Å²) in [4.78, 5) is 9.68. The molecule has 0 aliphatic heterocycles. The molecule has 0 amide bonds. The SMILES string of the molecule is CCCCCCCCCCCCC=COP(=O)(O)OC=CCCCCCCCCCCCC. The molecule has 0 aromatic rings. The van der Waals surface area contributed by atoms with Gasteiger partial charge in [-0.25, -0.2) is 4.57 Å². The second-order valence-corrected chi connectivity index (χ2v) is 10.7. The van der Waals surface area contributed by atoms with Crippen LogP contribution in [0.4, 0.5) is 0 Å². The standard InChI is InChI=1S/C28H55O4P/c1-3-5-7-9-11-13-15-17-19-21-23-25-27-31-33(29,30)32-28-26-24-22-20-18-16-14-12-10-8-6-4-2/h25-28H,3-24H2,1-2H3,(H,29,30). The number of rotatable bonds is 26. The minimum absolute atomic E-state index is 0.866. The molecule has 0 spiro atoms. The van der Waals surface area contributed by atoms with Gasteiger partial charge in [-0.1, -0.05) is 129 Å². The van der Waals surface area contributed by atoms with Crippen LogP contribution in [0, 0.1) is 0 Å². The fraction of sp³-hybridized carbons (Fsp3) is 0.857. The van der Waals surface area contributed by atoms with Crippen molar-refractivity contribution in [2.75, 3.05) is 0 Å². The normalized spacial score (nSPS) is 13.7. The minimum Gasteiger partial charge on any atom is -0.404 e. The Morgan fingerprint density at radius 3 is 1.09 bits per heavy atom. The van der Waals surface area contributed by atoms with Gasteiger partial charge in [-0.2, -0.15) is 0 Å². The average Bonchev–Trinajstić information content (AvgIpc) is 2.80. The zero-order valence-electron chi connectivity index (χ0n) is 22.0. The summed E-state index contributed by atoms with van der Waals surface area (Å²) < 4.78 is 21.6. The Morgan fingerprint density at radius 2 is 0.788 bits per heavy atom. The summed E-state index contributed by atoms with van der Waals surface area (Å²) >= 11 is 0. The van der Waals surface area contributed by atoms with Crippen LogP contribution in [0.5, 0.6) is 0 Å². The molecule has 0 rings (SSSR count). The highest BCUT2D eigenvalue weighted by Crippen LogP contribution is 2.43. The molecule has 0 aromatic carbocycles. The Hall–Kier alpha value is -0.730. The van der Waals surface area contributed by atoms with Gasteiger partial charge in [-0.15, -0.1) is 0 Å². The monoisotopic (exact) mass is 486 g/mol. The average molecular weight is 487 g/mol. The lowest BCUT2D eigenvalue weighted by Gasteiger charge is -2.07. The van der Waals surface area contributed by atoms with Gasteiger partial charge in [0.25, 0.3) is 0 Å². The van der Waals surface area contributed by atoms with Crippen molar-refractivity contribution in [1.29, 1.82) is 0 Å². The van der Waals surface area contributed by atoms with Gasteiger partial charge < -0.3 is 9.05 Å². The van der Waals surface area contributed by atoms with E-state index in [0.29, 0.717) is 0 Å². The fourth-order valence-electron chi connectivity index (χ4n) is 3.90. The summed E-state index contributed by atoms with van der Waals surface area (Å²) in [5.74, 6) is 0. The van der Waals surface area contributed by atoms with Gasteiger partial charge in [0.1, 0.15) is 0 Å². The van der Waals surface area contributed by atoms with E-state index >= 15 is 0 Å². The molecule has 0 radical (unpaired) electrons. The Labute approximate surface area is 206 Å². The first-order valence-electron chi connectivity index (χ1n) is 14.1. The minimum atomic E-state index is -4.03. The van der Waals surface area contributed by atoms with Crippen molar-refractivity contribution in [2.45, 2.75) is 155 Å². The van der Waals surface area contributed by atoms with Crippen LogP contribution in [-0.4, -0.2) is 4.89 Å². The molecule has 5 heteroatoms. The van der Waals surface area contributed by atoms with Crippen LogP contribution in [-0.2, 0) is 13.6 Å². The van der Waals surface area contributed by atoms with Crippen LogP contribution in [0.3, 0.4) is 0 Å². The largest absolute Gasteiger partial charge is 0.583 e. The molecule has 0 aliphatic carbocycles. The predicted molar refractivity (Wildman–Crippen MR) is 143 cm³/mol. The molecule has 0 aliphatic rings. The first-order valence-corrected chi connectivity index (χ1v) is 15.6. The number of hydrogen-bond donors (Lipinski definition) is 1. The summed E-state index contributed by atoms with van der Waals surface area (Å²) in [6.45, 7) is 4.51. The molecule has 0 fully saturated rings. The van der Waals surface area contributed by atoms with Crippen molar-refractivity contribution in [3.05, 3.63) is 24.7 Å². The number of hydrogen-bond acceptors (Lipinski definition) is 3. The number of phosphoric ester groups is 1. The van der Waals surface area contributed by atoms with Crippen molar-refractivity contribution < 1.29 is 18.5 Å². The lowest BCUT2D eigenvalue weighted by atomic mass is 10.1. The summed E-state index contributed by atoms with van der Waals surface area (Å²) in [6.07, 6.45) is 34.1. The third-order valence-corrected chi connectivity index (χ3v) is 6.81. The topological polar surface area (TPSA) is 55.8 Å². The van der Waals surface area contributed by atoms with Crippen molar-refractivity contribution in [1.82, 2.24) is 0 Å². The summed E-state index contributed by atoms with van der Waals surface area (Å²) in [5.41, 5.74) is 0. The lowest BCUT2D eigenvalue weighted by molar-refractivity contribution is 0.243. The molecular weight excluding hydrogens is 431 g/mol. The number of unbranched alkanes of at least 4 members (excludes halogenated alkanes) is 20. The Kier molecular flexibility index (Phi) is 25.3. The van der Waals surface area contributed by atoms with E-state index in [1.165, 1.54) is 128 Å². The van der Waals surface area contributed by atoms with Crippen LogP contribution in [0.1, 0.15) is 155 Å². The quantitative estimate of drug-likeness (QED) is 0.0750. The van der Waals surface area contributed by atoms with Crippen LogP contribution in [0.15, 0.2) is 24.7 Å². The first-order chi connectivity index (χ1) is 16.1. The highest BCUT2D eigenvalue weighted by molar-refractivity contribution is 7.47. The third-order valence-electron chi connectivity index (χ3n) is 6.03. The molecule has 0 saturated heterocycles. The molecule has 0 heterocycles. The molecule has 1 N–H and O–H groups in total. The van der Waals surface area contributed by atoms with Crippen LogP contribution in [0.25, 0.3) is 0 Å². The van der Waals surface area contributed by atoms with Gasteiger partial charge in [0.05, 0.1) is 12.5 Å². The number of allylic oxidation sites excluding steroid dienone is 2. The van der Waals surface area contributed by atoms with Crippen molar-refractivity contribution >= 4 is 7.82 Å². The van der Waals surface area contributed by atoms with E-state index in [2.05, 4.69) is 13.8 Å². The van der Waals surface area contributed by atoms with Gasteiger partial charge in [0.2, 0.25) is 0 Å². The van der Waals surface area contributed by atoms with Gasteiger partial charge in [0, 0.05) is 0 Å². The zero-order valence-corrected chi connectivity index (χ0v) is 22.9. The van der Waals surface area contributed by atoms with Gasteiger partial charge in [0.15, 0.2) is 0 Å². The van der Waals surface area contributed by atoms with Crippen LogP contribution < -0.4 is 0 Å². The first kappa shape index (κ1) is 32.3. The highest BCUT2D eigenvalue weighted by Gasteiger charge is 2.19. The maximum absolute atomic E-state index is 11.8. The second kappa shape index (κ2) is 25.9. The lowest BCUT2D eigenvalue weighted by Crippen LogP contribution is -1.85. The van der Waals surface area contributed by atoms with Crippen LogP contribution >= 0.6 is 7.82 Å². The van der Waals surface area contributed by atoms with E-state index in [1.54, 1.807) is 0 Å². The van der Waals surface area contributed by atoms with E-state index in [1.807, 2.05) is 12.2 Å². The van der Waals surface area contributed by atoms with E-state index in [9.17, 15) is 9.46 Å². The molecule has 196 valence electrons. The van der Waals surface area contributed by atoms with E-state index in [4.69, 9.17) is 9.05 Å². The molecule has 0 saturated carbocycles. The molecule has 0 unspecified atom stereocenters. The van der Waals surface area contributed by atoms with Gasteiger partial charge in [-0.05, 0) is 37.8 Å². The Morgan fingerprint density at radius 1 is 0.515 bits per heavy atom. The zero-order chi connectivity index (χ0) is 24.3. The maximum Gasteiger partial charge on any atom is 0.583 e. The predicted octanol–water partition coefficient (Wildman–Crippen LogP) is 10.8. The summed E-state index contributed by atoms with van der Waals surface area (Å²) in [6, 6.07) is 0. The highest BCUT2D eigenvalue weighted by atomic mass is 31.2. The number of phosphoric acid groups is 1. The van der Waals surface area contributed by atoms with Crippen LogP contribution in [0.2, 0.25) is 0 Å². The van der Waals surface area contributed by atoms with Gasteiger partial charge in [-0.3, -0.25) is 4.89 Å². The van der Waals surface area contributed by atoms with Crippen molar-refractivity contribution in [3.8, 4) is 0 Å².